The summed E-state index contributed by atoms with van der Waals surface area (Å²) in [5.41, 5.74) is 6.77. The predicted octanol–water partition coefficient (Wildman–Crippen LogP) is 0.670. The molecule has 106 valence electrons. The fourth-order valence-electron chi connectivity index (χ4n) is 1.40. The fourth-order valence-corrected chi connectivity index (χ4v) is 1.40. The molecule has 0 aliphatic rings. The molecule has 0 spiro atoms. The molecular weight excluding hydrogens is 248 g/mol. The molecule has 0 unspecified atom stereocenters. The first kappa shape index (κ1) is 15.3. The topological polar surface area (TPSA) is 82.8 Å². The molecule has 1 aromatic carbocycles. The first-order valence-corrected chi connectivity index (χ1v) is 6.00. The van der Waals surface area contributed by atoms with Gasteiger partial charge in [0, 0.05) is 19.7 Å². The molecule has 3 N–H and O–H groups in total. The van der Waals surface area contributed by atoms with Crippen molar-refractivity contribution in [1.29, 1.82) is 0 Å². The van der Waals surface area contributed by atoms with Gasteiger partial charge in [-0.2, -0.15) is 0 Å². The number of nitrogen functional groups attached to an aromatic ring is 1. The third-order valence-electron chi connectivity index (χ3n) is 2.42. The predicted molar refractivity (Wildman–Crippen MR) is 72.4 cm³/mol. The first-order valence-electron chi connectivity index (χ1n) is 6.00. The highest BCUT2D eigenvalue weighted by atomic mass is 16.5. The second-order valence-electron chi connectivity index (χ2n) is 3.79. The van der Waals surface area contributed by atoms with Gasteiger partial charge in [-0.3, -0.25) is 4.79 Å². The Morgan fingerprint density at radius 1 is 1.26 bits per heavy atom. The molecule has 0 bridgehead atoms. The van der Waals surface area contributed by atoms with Gasteiger partial charge in [-0.05, 0) is 18.2 Å². The first-order chi connectivity index (χ1) is 9.19. The average molecular weight is 268 g/mol. The molecule has 6 heteroatoms. The number of nitrogens with two attached hydrogens (primary N) is 1. The van der Waals surface area contributed by atoms with Gasteiger partial charge in [0.2, 0.25) is 0 Å². The molecule has 0 saturated heterocycles. The summed E-state index contributed by atoms with van der Waals surface area (Å²) >= 11 is 0. The van der Waals surface area contributed by atoms with Crippen LogP contribution in [0.25, 0.3) is 0 Å². The van der Waals surface area contributed by atoms with E-state index in [4.69, 9.17) is 19.9 Å². The lowest BCUT2D eigenvalue weighted by Crippen LogP contribution is -2.18. The summed E-state index contributed by atoms with van der Waals surface area (Å²) in [5, 5.41) is 2.54. The molecule has 0 radical (unpaired) electrons. The van der Waals surface area contributed by atoms with Gasteiger partial charge in [-0.15, -0.1) is 0 Å². The van der Waals surface area contributed by atoms with Crippen LogP contribution < -0.4 is 15.8 Å². The van der Waals surface area contributed by atoms with E-state index in [-0.39, 0.29) is 5.91 Å². The molecule has 1 aromatic rings. The minimum Gasteiger partial charge on any atom is -0.489 e. The molecule has 0 atom stereocenters. The van der Waals surface area contributed by atoms with Crippen molar-refractivity contribution in [2.45, 2.75) is 0 Å². The minimum atomic E-state index is -0.179. The Kier molecular flexibility index (Phi) is 6.70. The zero-order chi connectivity index (χ0) is 14.1. The van der Waals surface area contributed by atoms with Crippen LogP contribution in [0.2, 0.25) is 0 Å². The van der Waals surface area contributed by atoms with E-state index >= 15 is 0 Å². The Morgan fingerprint density at radius 3 is 2.68 bits per heavy atom. The molecule has 0 aliphatic heterocycles. The maximum atomic E-state index is 11.5. The zero-order valence-electron chi connectivity index (χ0n) is 11.3. The number of hydrogen-bond acceptors (Lipinski definition) is 5. The van der Waals surface area contributed by atoms with Crippen LogP contribution >= 0.6 is 0 Å². The van der Waals surface area contributed by atoms with Crippen molar-refractivity contribution in [3.8, 4) is 5.75 Å². The minimum absolute atomic E-state index is 0.179. The van der Waals surface area contributed by atoms with E-state index in [9.17, 15) is 4.79 Å². The SMILES string of the molecule is CNC(=O)c1ccc(N)c(OCCOCCOC)c1. The summed E-state index contributed by atoms with van der Waals surface area (Å²) < 4.78 is 15.6. The van der Waals surface area contributed by atoms with Gasteiger partial charge in [0.25, 0.3) is 5.91 Å². The van der Waals surface area contributed by atoms with E-state index in [2.05, 4.69) is 5.32 Å². The number of carbonyl (C=O) groups excluding carboxylic acids is 1. The fraction of sp³-hybridized carbons (Fsp3) is 0.462. The second kappa shape index (κ2) is 8.34. The van der Waals surface area contributed by atoms with Gasteiger partial charge < -0.3 is 25.3 Å². The van der Waals surface area contributed by atoms with E-state index in [1.54, 1.807) is 32.4 Å². The smallest absolute Gasteiger partial charge is 0.251 e. The lowest BCUT2D eigenvalue weighted by Gasteiger charge is -2.10. The van der Waals surface area contributed by atoms with Gasteiger partial charge in [0.1, 0.15) is 12.4 Å². The van der Waals surface area contributed by atoms with Crippen molar-refractivity contribution in [3.05, 3.63) is 23.8 Å². The van der Waals surface area contributed by atoms with Crippen molar-refractivity contribution in [1.82, 2.24) is 5.32 Å². The van der Waals surface area contributed by atoms with Crippen molar-refractivity contribution in [3.63, 3.8) is 0 Å². The molecule has 0 saturated carbocycles. The second-order valence-corrected chi connectivity index (χ2v) is 3.79. The Balaban J connectivity index is 2.46. The average Bonchev–Trinajstić information content (AvgIpc) is 2.43. The third kappa shape index (κ3) is 5.15. The molecule has 6 nitrogen and oxygen atoms in total. The lowest BCUT2D eigenvalue weighted by atomic mass is 10.2. The van der Waals surface area contributed by atoms with E-state index < -0.39 is 0 Å². The zero-order valence-corrected chi connectivity index (χ0v) is 11.3. The lowest BCUT2D eigenvalue weighted by molar-refractivity contribution is 0.0545. The summed E-state index contributed by atoms with van der Waals surface area (Å²) in [6.45, 7) is 1.88. The van der Waals surface area contributed by atoms with Gasteiger partial charge in [0.05, 0.1) is 25.5 Å². The molecule has 0 aromatic heterocycles. The third-order valence-corrected chi connectivity index (χ3v) is 2.42. The van der Waals surface area contributed by atoms with Crippen molar-refractivity contribution >= 4 is 11.6 Å². The van der Waals surface area contributed by atoms with E-state index in [0.717, 1.165) is 0 Å². The van der Waals surface area contributed by atoms with Crippen molar-refractivity contribution in [2.75, 3.05) is 46.3 Å². The van der Waals surface area contributed by atoms with Gasteiger partial charge in [-0.1, -0.05) is 0 Å². The summed E-state index contributed by atoms with van der Waals surface area (Å²) in [6.07, 6.45) is 0. The number of hydrogen-bond donors (Lipinski definition) is 2. The van der Waals surface area contributed by atoms with Crippen LogP contribution in [-0.2, 0) is 9.47 Å². The van der Waals surface area contributed by atoms with Crippen molar-refractivity contribution < 1.29 is 19.0 Å². The maximum Gasteiger partial charge on any atom is 0.251 e. The summed E-state index contributed by atoms with van der Waals surface area (Å²) in [7, 11) is 3.19. The molecule has 19 heavy (non-hydrogen) atoms. The number of anilines is 1. The normalized spacial score (nSPS) is 10.2. The molecule has 1 rings (SSSR count). The summed E-state index contributed by atoms with van der Waals surface area (Å²) in [6, 6.07) is 4.91. The van der Waals surface area contributed by atoms with E-state index in [1.807, 2.05) is 0 Å². The number of carbonyl (C=O) groups is 1. The largest absolute Gasteiger partial charge is 0.489 e. The number of rotatable bonds is 8. The quantitative estimate of drug-likeness (QED) is 0.535. The Morgan fingerprint density at radius 2 is 2.00 bits per heavy atom. The van der Waals surface area contributed by atoms with Gasteiger partial charge in [0.15, 0.2) is 0 Å². The number of nitrogens with one attached hydrogen (secondary N) is 1. The van der Waals surface area contributed by atoms with Crippen LogP contribution in [0.1, 0.15) is 10.4 Å². The summed E-state index contributed by atoms with van der Waals surface area (Å²) in [5.74, 6) is 0.303. The number of amides is 1. The maximum absolute atomic E-state index is 11.5. The van der Waals surface area contributed by atoms with Crippen LogP contribution in [0.15, 0.2) is 18.2 Å². The Labute approximate surface area is 112 Å². The highest BCUT2D eigenvalue weighted by molar-refractivity contribution is 5.95. The molecule has 0 aliphatic carbocycles. The monoisotopic (exact) mass is 268 g/mol. The van der Waals surface area contributed by atoms with E-state index in [1.165, 1.54) is 0 Å². The van der Waals surface area contributed by atoms with Crippen LogP contribution in [0.3, 0.4) is 0 Å². The van der Waals surface area contributed by atoms with Crippen molar-refractivity contribution in [2.24, 2.45) is 0 Å². The van der Waals surface area contributed by atoms with Crippen LogP contribution in [0.5, 0.6) is 5.75 Å². The van der Waals surface area contributed by atoms with Gasteiger partial charge >= 0.3 is 0 Å². The summed E-state index contributed by atoms with van der Waals surface area (Å²) in [4.78, 5) is 11.5. The number of methoxy groups -OCH3 is 1. The Hall–Kier alpha value is -1.79. The van der Waals surface area contributed by atoms with E-state index in [0.29, 0.717) is 43.4 Å². The van der Waals surface area contributed by atoms with Crippen LogP contribution in [0.4, 0.5) is 5.69 Å². The molecule has 0 fully saturated rings. The molecule has 0 heterocycles. The highest BCUT2D eigenvalue weighted by Crippen LogP contribution is 2.22. The van der Waals surface area contributed by atoms with Crippen LogP contribution in [-0.4, -0.2) is 46.5 Å². The Bertz CT molecular complexity index is 410. The van der Waals surface area contributed by atoms with Gasteiger partial charge in [-0.25, -0.2) is 0 Å². The number of ether oxygens (including phenoxy) is 3. The molecule has 1 amide bonds. The van der Waals surface area contributed by atoms with Crippen LogP contribution in [0, 0.1) is 0 Å². The standard InChI is InChI=1S/C13H20N2O4/c1-15-13(16)10-3-4-11(14)12(9-10)19-8-7-18-6-5-17-2/h3-4,9H,5-8,14H2,1-2H3,(H,15,16). The number of benzene rings is 1. The highest BCUT2D eigenvalue weighted by Gasteiger charge is 2.07. The molecular formula is C13H20N2O4.